The number of hydrogen-bond donors (Lipinski definition) is 2. The zero-order chi connectivity index (χ0) is 23.9. The van der Waals surface area contributed by atoms with Gasteiger partial charge in [0.05, 0.1) is 29.1 Å². The molecule has 4 aromatic rings. The second-order valence-corrected chi connectivity index (χ2v) is 9.85. The summed E-state index contributed by atoms with van der Waals surface area (Å²) in [7, 11) is -2.50. The van der Waals surface area contributed by atoms with Gasteiger partial charge in [0.2, 0.25) is 0 Å². The first kappa shape index (κ1) is 22.1. The van der Waals surface area contributed by atoms with E-state index < -0.39 is 15.8 Å². The van der Waals surface area contributed by atoms with E-state index in [1.165, 1.54) is 25.6 Å². The third-order valence-corrected chi connectivity index (χ3v) is 7.41. The molecule has 2 aromatic carbocycles. The number of hydrogen-bond acceptors (Lipinski definition) is 7. The fourth-order valence-corrected chi connectivity index (χ4v) is 5.41. The van der Waals surface area contributed by atoms with E-state index >= 15 is 0 Å². The van der Waals surface area contributed by atoms with Gasteiger partial charge in [-0.05, 0) is 49.2 Å². The maximum atomic E-state index is 13.2. The molecule has 176 valence electrons. The van der Waals surface area contributed by atoms with Gasteiger partial charge >= 0.3 is 0 Å². The molecule has 9 nitrogen and oxygen atoms in total. The molecule has 1 saturated carbocycles. The van der Waals surface area contributed by atoms with Gasteiger partial charge in [-0.3, -0.25) is 4.72 Å². The van der Waals surface area contributed by atoms with Crippen LogP contribution in [0.3, 0.4) is 0 Å². The molecule has 1 aliphatic rings. The van der Waals surface area contributed by atoms with Crippen LogP contribution in [-0.2, 0) is 10.0 Å². The number of benzene rings is 2. The minimum Gasteiger partial charge on any atom is -0.495 e. The first-order chi connectivity index (χ1) is 16.4. The molecule has 2 aromatic heterocycles. The fraction of sp³-hybridized carbons (Fsp3) is 0.261. The maximum Gasteiger partial charge on any atom is 0.262 e. The van der Waals surface area contributed by atoms with Crippen LogP contribution in [0.1, 0.15) is 31.7 Å². The van der Waals surface area contributed by atoms with Gasteiger partial charge in [-0.25, -0.2) is 27.5 Å². The lowest BCUT2D eigenvalue weighted by Gasteiger charge is -2.13. The van der Waals surface area contributed by atoms with E-state index in [9.17, 15) is 12.8 Å². The minimum atomic E-state index is -3.94. The van der Waals surface area contributed by atoms with Crippen molar-refractivity contribution in [3.8, 4) is 17.0 Å². The molecular formula is C23H23FN6O3S. The van der Waals surface area contributed by atoms with Gasteiger partial charge in [0.15, 0.2) is 5.65 Å². The molecule has 0 spiro atoms. The Labute approximate surface area is 195 Å². The van der Waals surface area contributed by atoms with Gasteiger partial charge in [-0.1, -0.05) is 18.9 Å². The number of fused-ring (bicyclic) bond motifs is 1. The van der Waals surface area contributed by atoms with Gasteiger partial charge in [-0.15, -0.1) is 0 Å². The normalized spacial score (nSPS) is 14.5. The molecule has 0 amide bonds. The van der Waals surface area contributed by atoms with Crippen LogP contribution in [0.25, 0.3) is 22.3 Å². The maximum absolute atomic E-state index is 13.2. The third kappa shape index (κ3) is 3.92. The number of nitrogens with one attached hydrogen (secondary N) is 1. The van der Waals surface area contributed by atoms with Crippen molar-refractivity contribution in [3.05, 3.63) is 54.6 Å². The van der Waals surface area contributed by atoms with Crippen LogP contribution in [0, 0.1) is 5.82 Å². The Morgan fingerprint density at radius 1 is 1.12 bits per heavy atom. The standard InChI is InChI=1S/C23H23FN6O3S/c1-33-19-12-14(6-11-18(19)29-34(31,32)17-9-7-15(24)8-10-17)21-20-22(25)26-13-27-23(20)30(28-21)16-4-2-3-5-16/h6-13,16,29H,2-5H2,1H3,(H2,25,26,27). The molecule has 1 aliphatic carbocycles. The van der Waals surface area contributed by atoms with Gasteiger partial charge in [-0.2, -0.15) is 5.10 Å². The zero-order valence-electron chi connectivity index (χ0n) is 18.4. The van der Waals surface area contributed by atoms with E-state index in [0.29, 0.717) is 33.9 Å². The number of nitrogen functional groups attached to an aromatic ring is 1. The molecular weight excluding hydrogens is 459 g/mol. The van der Waals surface area contributed by atoms with Crippen molar-refractivity contribution >= 4 is 32.6 Å². The van der Waals surface area contributed by atoms with E-state index in [-0.39, 0.29) is 16.6 Å². The summed E-state index contributed by atoms with van der Waals surface area (Å²) < 4.78 is 48.6. The highest BCUT2D eigenvalue weighted by molar-refractivity contribution is 7.92. The summed E-state index contributed by atoms with van der Waals surface area (Å²) in [4.78, 5) is 8.52. The Morgan fingerprint density at radius 3 is 2.56 bits per heavy atom. The van der Waals surface area contributed by atoms with Crippen molar-refractivity contribution in [2.45, 2.75) is 36.6 Å². The number of anilines is 2. The summed E-state index contributed by atoms with van der Waals surface area (Å²) in [6.45, 7) is 0. The number of ether oxygens (including phenoxy) is 1. The number of nitrogens with two attached hydrogens (primary N) is 1. The molecule has 0 bridgehead atoms. The second-order valence-electron chi connectivity index (χ2n) is 8.16. The Balaban J connectivity index is 1.56. The largest absolute Gasteiger partial charge is 0.495 e. The van der Waals surface area contributed by atoms with E-state index in [0.717, 1.165) is 37.8 Å². The lowest BCUT2D eigenvalue weighted by molar-refractivity contribution is 0.417. The van der Waals surface area contributed by atoms with Crippen LogP contribution in [-0.4, -0.2) is 35.3 Å². The summed E-state index contributed by atoms with van der Waals surface area (Å²) in [6, 6.07) is 9.84. The molecule has 1 fully saturated rings. The summed E-state index contributed by atoms with van der Waals surface area (Å²) in [5.41, 5.74) is 8.41. The Kier molecular flexibility index (Phi) is 5.56. The van der Waals surface area contributed by atoms with E-state index in [1.807, 2.05) is 4.68 Å². The number of sulfonamides is 1. The Hall–Kier alpha value is -3.73. The van der Waals surface area contributed by atoms with Gasteiger partial charge in [0, 0.05) is 5.56 Å². The molecule has 11 heteroatoms. The number of halogens is 1. The van der Waals surface area contributed by atoms with Crippen molar-refractivity contribution in [3.63, 3.8) is 0 Å². The summed E-state index contributed by atoms with van der Waals surface area (Å²) in [5.74, 6) is 0.0971. The van der Waals surface area contributed by atoms with Crippen molar-refractivity contribution in [1.82, 2.24) is 19.7 Å². The second kappa shape index (κ2) is 8.56. The zero-order valence-corrected chi connectivity index (χ0v) is 19.2. The molecule has 5 rings (SSSR count). The highest BCUT2D eigenvalue weighted by Gasteiger charge is 2.25. The quantitative estimate of drug-likeness (QED) is 0.423. The third-order valence-electron chi connectivity index (χ3n) is 6.03. The lowest BCUT2D eigenvalue weighted by Crippen LogP contribution is -2.13. The van der Waals surface area contributed by atoms with Crippen LogP contribution in [0.4, 0.5) is 15.9 Å². The first-order valence-electron chi connectivity index (χ1n) is 10.8. The van der Waals surface area contributed by atoms with Crippen LogP contribution in [0.15, 0.2) is 53.7 Å². The Morgan fingerprint density at radius 2 is 1.85 bits per heavy atom. The van der Waals surface area contributed by atoms with Crippen molar-refractivity contribution in [2.75, 3.05) is 17.6 Å². The monoisotopic (exact) mass is 482 g/mol. The molecule has 3 N–H and O–H groups in total. The van der Waals surface area contributed by atoms with E-state index in [1.54, 1.807) is 18.2 Å². The Bertz CT molecular complexity index is 1460. The van der Waals surface area contributed by atoms with Crippen molar-refractivity contribution < 1.29 is 17.5 Å². The van der Waals surface area contributed by atoms with Crippen molar-refractivity contribution in [1.29, 1.82) is 0 Å². The number of nitrogens with zero attached hydrogens (tertiary/aromatic N) is 4. The number of aromatic nitrogens is 4. The number of rotatable bonds is 6. The van der Waals surface area contributed by atoms with E-state index in [2.05, 4.69) is 14.7 Å². The average molecular weight is 483 g/mol. The predicted octanol–water partition coefficient (Wildman–Crippen LogP) is 4.14. The minimum absolute atomic E-state index is 0.0637. The number of methoxy groups -OCH3 is 1. The summed E-state index contributed by atoms with van der Waals surface area (Å²) >= 11 is 0. The average Bonchev–Trinajstić information content (AvgIpc) is 3.48. The first-order valence-corrected chi connectivity index (χ1v) is 12.3. The molecule has 0 atom stereocenters. The van der Waals surface area contributed by atoms with Crippen LogP contribution >= 0.6 is 0 Å². The van der Waals surface area contributed by atoms with Crippen LogP contribution in [0.2, 0.25) is 0 Å². The molecule has 0 radical (unpaired) electrons. The molecule has 34 heavy (non-hydrogen) atoms. The van der Waals surface area contributed by atoms with Gasteiger partial charge in [0.25, 0.3) is 10.0 Å². The van der Waals surface area contributed by atoms with Crippen LogP contribution in [0.5, 0.6) is 5.75 Å². The summed E-state index contributed by atoms with van der Waals surface area (Å²) in [6.07, 6.45) is 5.75. The smallest absolute Gasteiger partial charge is 0.262 e. The lowest BCUT2D eigenvalue weighted by atomic mass is 10.1. The van der Waals surface area contributed by atoms with Crippen LogP contribution < -0.4 is 15.2 Å². The summed E-state index contributed by atoms with van der Waals surface area (Å²) in [5, 5.41) is 5.49. The predicted molar refractivity (Wildman–Crippen MR) is 126 cm³/mol. The molecule has 2 heterocycles. The van der Waals surface area contributed by atoms with E-state index in [4.69, 9.17) is 15.6 Å². The fourth-order valence-electron chi connectivity index (χ4n) is 4.34. The molecule has 0 unspecified atom stereocenters. The topological polar surface area (TPSA) is 125 Å². The SMILES string of the molecule is COc1cc(-c2nn(C3CCCC3)c3ncnc(N)c23)ccc1NS(=O)(=O)c1ccc(F)cc1. The highest BCUT2D eigenvalue weighted by Crippen LogP contribution is 2.38. The van der Waals surface area contributed by atoms with Gasteiger partial charge in [0.1, 0.15) is 29.4 Å². The van der Waals surface area contributed by atoms with Crippen molar-refractivity contribution in [2.24, 2.45) is 0 Å². The highest BCUT2D eigenvalue weighted by atomic mass is 32.2. The van der Waals surface area contributed by atoms with Gasteiger partial charge < -0.3 is 10.5 Å². The molecule has 0 saturated heterocycles. The molecule has 0 aliphatic heterocycles.